The summed E-state index contributed by atoms with van der Waals surface area (Å²) >= 11 is 4.10. The van der Waals surface area contributed by atoms with E-state index in [2.05, 4.69) is 12.6 Å². The van der Waals surface area contributed by atoms with Gasteiger partial charge in [0.1, 0.15) is 6.29 Å². The molecule has 1 aromatic carbocycles. The van der Waals surface area contributed by atoms with Crippen molar-refractivity contribution in [3.63, 3.8) is 0 Å². The Morgan fingerprint density at radius 3 is 2.69 bits per heavy atom. The summed E-state index contributed by atoms with van der Waals surface area (Å²) in [5, 5.41) is 0. The Balaban J connectivity index is 3.15. The second kappa shape index (κ2) is 4.23. The number of hydrogen-bond donors (Lipinski definition) is 1. The van der Waals surface area contributed by atoms with Crippen LogP contribution in [-0.4, -0.2) is 12.1 Å². The van der Waals surface area contributed by atoms with E-state index in [-0.39, 0.29) is 5.78 Å². The number of hydrogen-bond acceptors (Lipinski definition) is 3. The van der Waals surface area contributed by atoms with Crippen LogP contribution in [0.1, 0.15) is 34.1 Å². The van der Waals surface area contributed by atoms with Crippen LogP contribution in [0.5, 0.6) is 0 Å². The van der Waals surface area contributed by atoms with Gasteiger partial charge in [-0.1, -0.05) is 6.92 Å². The van der Waals surface area contributed by atoms with Crippen molar-refractivity contribution in [2.45, 2.75) is 18.2 Å². The highest BCUT2D eigenvalue weighted by Crippen LogP contribution is 2.13. The van der Waals surface area contributed by atoms with Crippen molar-refractivity contribution in [3.8, 4) is 0 Å². The average Bonchev–Trinajstić information content (AvgIpc) is 2.15. The lowest BCUT2D eigenvalue weighted by molar-refractivity contribution is 0.0988. The van der Waals surface area contributed by atoms with Crippen molar-refractivity contribution in [1.29, 1.82) is 0 Å². The third-order valence-corrected chi connectivity index (χ3v) is 1.98. The molecular weight excluding hydrogens is 184 g/mol. The van der Waals surface area contributed by atoms with Gasteiger partial charge >= 0.3 is 0 Å². The fourth-order valence-electron chi connectivity index (χ4n) is 1.07. The van der Waals surface area contributed by atoms with Crippen LogP contribution < -0.4 is 0 Å². The summed E-state index contributed by atoms with van der Waals surface area (Å²) in [6, 6.07) is 4.88. The summed E-state index contributed by atoms with van der Waals surface area (Å²) in [6.45, 7) is 1.79. The van der Waals surface area contributed by atoms with Gasteiger partial charge in [0.05, 0.1) is 0 Å². The summed E-state index contributed by atoms with van der Waals surface area (Å²) in [5.74, 6) is 0.0269. The predicted molar refractivity (Wildman–Crippen MR) is 53.7 cm³/mol. The van der Waals surface area contributed by atoms with Crippen LogP contribution >= 0.6 is 12.6 Å². The van der Waals surface area contributed by atoms with Crippen molar-refractivity contribution in [2.24, 2.45) is 0 Å². The molecule has 0 heterocycles. The zero-order valence-corrected chi connectivity index (χ0v) is 8.17. The zero-order valence-electron chi connectivity index (χ0n) is 7.28. The molecule has 0 N–H and O–H groups in total. The number of benzene rings is 1. The van der Waals surface area contributed by atoms with E-state index in [4.69, 9.17) is 0 Å². The Morgan fingerprint density at radius 2 is 2.15 bits per heavy atom. The molecule has 3 heteroatoms. The van der Waals surface area contributed by atoms with Gasteiger partial charge in [-0.3, -0.25) is 9.59 Å². The highest BCUT2D eigenvalue weighted by Gasteiger charge is 2.04. The highest BCUT2D eigenvalue weighted by molar-refractivity contribution is 7.80. The third-order valence-electron chi connectivity index (χ3n) is 1.72. The van der Waals surface area contributed by atoms with Gasteiger partial charge in [0.2, 0.25) is 0 Å². The molecule has 0 saturated heterocycles. The third kappa shape index (κ3) is 2.42. The summed E-state index contributed by atoms with van der Waals surface area (Å²) in [7, 11) is 0. The number of ketones is 1. The first kappa shape index (κ1) is 9.99. The highest BCUT2D eigenvalue weighted by atomic mass is 32.1. The molecule has 0 aliphatic rings. The lowest BCUT2D eigenvalue weighted by Crippen LogP contribution is -1.97. The molecule has 0 aromatic heterocycles. The quantitative estimate of drug-likeness (QED) is 0.455. The van der Waals surface area contributed by atoms with Crippen LogP contribution in [0, 0.1) is 0 Å². The van der Waals surface area contributed by atoms with Crippen LogP contribution in [0.3, 0.4) is 0 Å². The van der Waals surface area contributed by atoms with Gasteiger partial charge < -0.3 is 0 Å². The van der Waals surface area contributed by atoms with Crippen molar-refractivity contribution in [3.05, 3.63) is 29.3 Å². The smallest absolute Gasteiger partial charge is 0.162 e. The molecule has 0 aliphatic carbocycles. The number of carbonyl (C=O) groups excluding carboxylic acids is 2. The summed E-state index contributed by atoms with van der Waals surface area (Å²) in [6.07, 6.45) is 1.15. The Bertz CT molecular complexity index is 345. The molecule has 0 amide bonds. The van der Waals surface area contributed by atoms with Crippen LogP contribution in [-0.2, 0) is 0 Å². The van der Waals surface area contributed by atoms with Crippen molar-refractivity contribution in [1.82, 2.24) is 0 Å². The SMILES string of the molecule is CCC(=O)c1cc(S)cc(C=O)c1. The maximum atomic E-state index is 11.3. The van der Waals surface area contributed by atoms with Gasteiger partial charge in [-0.25, -0.2) is 0 Å². The van der Waals surface area contributed by atoms with Gasteiger partial charge in [-0.15, -0.1) is 12.6 Å². The Morgan fingerprint density at radius 1 is 1.46 bits per heavy atom. The fraction of sp³-hybridized carbons (Fsp3) is 0.200. The molecule has 2 nitrogen and oxygen atoms in total. The average molecular weight is 194 g/mol. The van der Waals surface area contributed by atoms with Gasteiger partial charge in [0.15, 0.2) is 5.78 Å². The topological polar surface area (TPSA) is 34.1 Å². The molecule has 68 valence electrons. The van der Waals surface area contributed by atoms with Crippen molar-refractivity contribution in [2.75, 3.05) is 0 Å². The lowest BCUT2D eigenvalue weighted by Gasteiger charge is -2.00. The van der Waals surface area contributed by atoms with Crippen molar-refractivity contribution >= 4 is 24.7 Å². The van der Waals surface area contributed by atoms with E-state index in [9.17, 15) is 9.59 Å². The largest absolute Gasteiger partial charge is 0.298 e. The number of rotatable bonds is 3. The van der Waals surface area contributed by atoms with E-state index in [0.717, 1.165) is 0 Å². The fourth-order valence-corrected chi connectivity index (χ4v) is 1.36. The number of thiol groups is 1. The first-order chi connectivity index (χ1) is 6.17. The second-order valence-electron chi connectivity index (χ2n) is 2.71. The Labute approximate surface area is 82.4 Å². The molecule has 0 unspecified atom stereocenters. The number of carbonyl (C=O) groups is 2. The van der Waals surface area contributed by atoms with Gasteiger partial charge in [0, 0.05) is 22.4 Å². The molecule has 0 bridgehead atoms. The maximum absolute atomic E-state index is 11.3. The predicted octanol–water partition coefficient (Wildman–Crippen LogP) is 2.38. The van der Waals surface area contributed by atoms with E-state index in [1.54, 1.807) is 25.1 Å². The molecular formula is C10H10O2S. The van der Waals surface area contributed by atoms with Crippen LogP contribution in [0.15, 0.2) is 23.1 Å². The van der Waals surface area contributed by atoms with E-state index in [0.29, 0.717) is 28.7 Å². The summed E-state index contributed by atoms with van der Waals surface area (Å²) in [5.41, 5.74) is 1.04. The Hall–Kier alpha value is -1.09. The molecule has 0 fully saturated rings. The molecule has 0 radical (unpaired) electrons. The van der Waals surface area contributed by atoms with E-state index < -0.39 is 0 Å². The lowest BCUT2D eigenvalue weighted by atomic mass is 10.1. The van der Waals surface area contributed by atoms with Crippen molar-refractivity contribution < 1.29 is 9.59 Å². The molecule has 0 aliphatic heterocycles. The maximum Gasteiger partial charge on any atom is 0.162 e. The van der Waals surface area contributed by atoms with E-state index in [1.165, 1.54) is 0 Å². The summed E-state index contributed by atoms with van der Waals surface area (Å²) in [4.78, 5) is 22.4. The first-order valence-corrected chi connectivity index (χ1v) is 4.44. The monoisotopic (exact) mass is 194 g/mol. The minimum absolute atomic E-state index is 0.0269. The normalized spacial score (nSPS) is 9.69. The van der Waals surface area contributed by atoms with Crippen LogP contribution in [0.2, 0.25) is 0 Å². The summed E-state index contributed by atoms with van der Waals surface area (Å²) < 4.78 is 0. The minimum Gasteiger partial charge on any atom is -0.298 e. The van der Waals surface area contributed by atoms with Gasteiger partial charge in [0.25, 0.3) is 0 Å². The Kier molecular flexibility index (Phi) is 3.25. The number of Topliss-reactive ketones (excluding diaryl/α,β-unsaturated/α-hetero) is 1. The van der Waals surface area contributed by atoms with Gasteiger partial charge in [-0.05, 0) is 18.2 Å². The molecule has 1 aromatic rings. The molecule has 0 spiro atoms. The number of aldehydes is 1. The van der Waals surface area contributed by atoms with Gasteiger partial charge in [-0.2, -0.15) is 0 Å². The first-order valence-electron chi connectivity index (χ1n) is 3.99. The van der Waals surface area contributed by atoms with E-state index in [1.807, 2.05) is 0 Å². The molecule has 0 atom stereocenters. The van der Waals surface area contributed by atoms with Crippen LogP contribution in [0.25, 0.3) is 0 Å². The molecule has 13 heavy (non-hydrogen) atoms. The molecule has 0 saturated carbocycles. The zero-order chi connectivity index (χ0) is 9.84. The second-order valence-corrected chi connectivity index (χ2v) is 3.22. The van der Waals surface area contributed by atoms with Crippen LogP contribution in [0.4, 0.5) is 0 Å². The minimum atomic E-state index is 0.0269. The van der Waals surface area contributed by atoms with E-state index >= 15 is 0 Å². The molecule has 1 rings (SSSR count). The standard InChI is InChI=1S/C10H10O2S/c1-2-10(12)8-3-7(6-11)4-9(13)5-8/h3-6,13H,2H2,1H3.